The first-order valence-corrected chi connectivity index (χ1v) is 9.41. The summed E-state index contributed by atoms with van der Waals surface area (Å²) in [6, 6.07) is 9.49. The maximum atomic E-state index is 4.73. The van der Waals surface area contributed by atoms with Crippen LogP contribution >= 0.6 is 15.9 Å². The number of guanidine groups is 1. The van der Waals surface area contributed by atoms with Crippen LogP contribution in [0.2, 0.25) is 0 Å². The smallest absolute Gasteiger partial charge is 0.191 e. The van der Waals surface area contributed by atoms with Gasteiger partial charge >= 0.3 is 0 Å². The number of hydrogen-bond donors (Lipinski definition) is 2. The standard InChI is InChI=1S/C18H29BrN4/c1-4-20-18(21-13-15-6-5-7-16(19)12-15)22-17-8-10-23(11-9-17)14(2)3/h5-7,12,14,17H,4,8-11,13H2,1-3H3,(H2,20,21,22). The zero-order valence-corrected chi connectivity index (χ0v) is 16.1. The van der Waals surface area contributed by atoms with Crippen LogP contribution in [0.4, 0.5) is 0 Å². The second-order valence-corrected chi connectivity index (χ2v) is 7.29. The second-order valence-electron chi connectivity index (χ2n) is 6.37. The minimum absolute atomic E-state index is 0.519. The van der Waals surface area contributed by atoms with Crippen molar-refractivity contribution in [2.45, 2.75) is 52.2 Å². The SMILES string of the molecule is CCNC(=NCc1cccc(Br)c1)NC1CCN(C(C)C)CC1. The number of halogens is 1. The van der Waals surface area contributed by atoms with E-state index in [1.165, 1.54) is 31.5 Å². The molecule has 0 amide bonds. The van der Waals surface area contributed by atoms with Gasteiger partial charge in [-0.3, -0.25) is 0 Å². The van der Waals surface area contributed by atoms with E-state index < -0.39 is 0 Å². The number of rotatable bonds is 5. The summed E-state index contributed by atoms with van der Waals surface area (Å²) < 4.78 is 1.10. The highest BCUT2D eigenvalue weighted by molar-refractivity contribution is 9.10. The Labute approximate surface area is 148 Å². The number of piperidine rings is 1. The Kier molecular flexibility index (Phi) is 7.37. The molecule has 0 spiro atoms. The fourth-order valence-electron chi connectivity index (χ4n) is 2.88. The van der Waals surface area contributed by atoms with Gasteiger partial charge in [-0.1, -0.05) is 28.1 Å². The Hall–Kier alpha value is -1.07. The summed E-state index contributed by atoms with van der Waals surface area (Å²) in [6.07, 6.45) is 2.36. The number of hydrogen-bond acceptors (Lipinski definition) is 2. The number of likely N-dealkylation sites (tertiary alicyclic amines) is 1. The van der Waals surface area contributed by atoms with Gasteiger partial charge in [0, 0.05) is 36.2 Å². The average Bonchev–Trinajstić information content (AvgIpc) is 2.53. The molecule has 5 heteroatoms. The van der Waals surface area contributed by atoms with Crippen molar-refractivity contribution in [3.8, 4) is 0 Å². The lowest BCUT2D eigenvalue weighted by molar-refractivity contribution is 0.167. The Morgan fingerprint density at radius 2 is 2.09 bits per heavy atom. The molecule has 1 aromatic carbocycles. The van der Waals surface area contributed by atoms with Gasteiger partial charge in [0.05, 0.1) is 6.54 Å². The van der Waals surface area contributed by atoms with Gasteiger partial charge in [-0.15, -0.1) is 0 Å². The van der Waals surface area contributed by atoms with Crippen molar-refractivity contribution in [2.24, 2.45) is 4.99 Å². The summed E-state index contributed by atoms with van der Waals surface area (Å²) in [5.74, 6) is 0.926. The quantitative estimate of drug-likeness (QED) is 0.607. The molecule has 4 nitrogen and oxygen atoms in total. The predicted octanol–water partition coefficient (Wildman–Crippen LogP) is 3.38. The Balaban J connectivity index is 1.89. The molecule has 2 N–H and O–H groups in total. The van der Waals surface area contributed by atoms with Gasteiger partial charge in [0.15, 0.2) is 5.96 Å². The van der Waals surface area contributed by atoms with E-state index in [-0.39, 0.29) is 0 Å². The molecule has 1 aromatic rings. The molecule has 0 radical (unpaired) electrons. The lowest BCUT2D eigenvalue weighted by atomic mass is 10.0. The van der Waals surface area contributed by atoms with Gasteiger partial charge in [-0.05, 0) is 51.3 Å². The normalized spacial score (nSPS) is 17.5. The molecule has 2 rings (SSSR count). The van der Waals surface area contributed by atoms with Gasteiger partial charge in [-0.25, -0.2) is 4.99 Å². The summed E-state index contributed by atoms with van der Waals surface area (Å²) in [5, 5.41) is 6.96. The van der Waals surface area contributed by atoms with Crippen molar-refractivity contribution in [1.29, 1.82) is 0 Å². The first-order chi connectivity index (χ1) is 11.1. The van der Waals surface area contributed by atoms with Crippen molar-refractivity contribution in [3.05, 3.63) is 34.3 Å². The van der Waals surface area contributed by atoms with E-state index in [0.29, 0.717) is 18.6 Å². The van der Waals surface area contributed by atoms with E-state index >= 15 is 0 Å². The molecule has 1 saturated heterocycles. The third kappa shape index (κ3) is 6.15. The Morgan fingerprint density at radius 3 is 2.70 bits per heavy atom. The molecule has 0 saturated carbocycles. The van der Waals surface area contributed by atoms with Crippen LogP contribution < -0.4 is 10.6 Å². The van der Waals surface area contributed by atoms with Crippen molar-refractivity contribution < 1.29 is 0 Å². The molecule has 0 aliphatic carbocycles. The van der Waals surface area contributed by atoms with Crippen molar-refractivity contribution >= 4 is 21.9 Å². The van der Waals surface area contributed by atoms with Crippen LogP contribution in [0.25, 0.3) is 0 Å². The van der Waals surface area contributed by atoms with Gasteiger partial charge in [0.25, 0.3) is 0 Å². The van der Waals surface area contributed by atoms with Crippen LogP contribution in [-0.4, -0.2) is 42.6 Å². The fraction of sp³-hybridized carbons (Fsp3) is 0.611. The first kappa shape index (κ1) is 18.3. The van der Waals surface area contributed by atoms with Crippen molar-refractivity contribution in [3.63, 3.8) is 0 Å². The summed E-state index contributed by atoms with van der Waals surface area (Å²) in [7, 11) is 0. The molecule has 128 valence electrons. The molecule has 1 heterocycles. The zero-order chi connectivity index (χ0) is 16.7. The van der Waals surface area contributed by atoms with Crippen LogP contribution in [0.5, 0.6) is 0 Å². The van der Waals surface area contributed by atoms with Crippen molar-refractivity contribution in [2.75, 3.05) is 19.6 Å². The van der Waals surface area contributed by atoms with Crippen LogP contribution in [-0.2, 0) is 6.54 Å². The largest absolute Gasteiger partial charge is 0.357 e. The van der Waals surface area contributed by atoms with Crippen LogP contribution in [0.1, 0.15) is 39.2 Å². The van der Waals surface area contributed by atoms with Gasteiger partial charge in [0.2, 0.25) is 0 Å². The number of nitrogens with zero attached hydrogens (tertiary/aromatic N) is 2. The molecule has 23 heavy (non-hydrogen) atoms. The summed E-state index contributed by atoms with van der Waals surface area (Å²) >= 11 is 3.51. The molecule has 0 atom stereocenters. The number of benzene rings is 1. The van der Waals surface area contributed by atoms with E-state index in [2.05, 4.69) is 70.4 Å². The maximum Gasteiger partial charge on any atom is 0.191 e. The number of nitrogens with one attached hydrogen (secondary N) is 2. The third-order valence-corrected chi connectivity index (χ3v) is 4.75. The number of aliphatic imine (C=N–C) groups is 1. The second kappa shape index (κ2) is 9.28. The highest BCUT2D eigenvalue weighted by Gasteiger charge is 2.21. The minimum atomic E-state index is 0.519. The summed E-state index contributed by atoms with van der Waals surface area (Å²) in [4.78, 5) is 7.28. The van der Waals surface area contributed by atoms with E-state index in [0.717, 1.165) is 17.0 Å². The lowest BCUT2D eigenvalue weighted by Crippen LogP contribution is -2.49. The molecule has 0 unspecified atom stereocenters. The molecule has 1 fully saturated rings. The third-order valence-electron chi connectivity index (χ3n) is 4.25. The van der Waals surface area contributed by atoms with E-state index in [1.54, 1.807) is 0 Å². The molecule has 1 aliphatic rings. The predicted molar refractivity (Wildman–Crippen MR) is 102 cm³/mol. The molecular formula is C18H29BrN4. The maximum absolute atomic E-state index is 4.73. The summed E-state index contributed by atoms with van der Waals surface area (Å²) in [6.45, 7) is 10.6. The Morgan fingerprint density at radius 1 is 1.35 bits per heavy atom. The fourth-order valence-corrected chi connectivity index (χ4v) is 3.33. The van der Waals surface area contributed by atoms with E-state index in [9.17, 15) is 0 Å². The van der Waals surface area contributed by atoms with Crippen LogP contribution in [0.15, 0.2) is 33.7 Å². The molecule has 0 aromatic heterocycles. The highest BCUT2D eigenvalue weighted by Crippen LogP contribution is 2.14. The summed E-state index contributed by atoms with van der Waals surface area (Å²) in [5.41, 5.74) is 1.21. The highest BCUT2D eigenvalue weighted by atomic mass is 79.9. The Bertz CT molecular complexity index is 507. The van der Waals surface area contributed by atoms with Crippen molar-refractivity contribution in [1.82, 2.24) is 15.5 Å². The molecule has 1 aliphatic heterocycles. The monoisotopic (exact) mass is 380 g/mol. The molecular weight excluding hydrogens is 352 g/mol. The van der Waals surface area contributed by atoms with Gasteiger partial charge in [-0.2, -0.15) is 0 Å². The van der Waals surface area contributed by atoms with E-state index in [4.69, 9.17) is 4.99 Å². The minimum Gasteiger partial charge on any atom is -0.357 e. The lowest BCUT2D eigenvalue weighted by Gasteiger charge is -2.35. The van der Waals surface area contributed by atoms with Crippen LogP contribution in [0.3, 0.4) is 0 Å². The van der Waals surface area contributed by atoms with Gasteiger partial charge in [0.1, 0.15) is 0 Å². The molecule has 0 bridgehead atoms. The topological polar surface area (TPSA) is 39.7 Å². The zero-order valence-electron chi connectivity index (χ0n) is 14.5. The van der Waals surface area contributed by atoms with Crippen LogP contribution in [0, 0.1) is 0 Å². The van der Waals surface area contributed by atoms with Gasteiger partial charge < -0.3 is 15.5 Å². The first-order valence-electron chi connectivity index (χ1n) is 8.61. The van der Waals surface area contributed by atoms with E-state index in [1.807, 2.05) is 6.07 Å². The average molecular weight is 381 g/mol.